The van der Waals surface area contributed by atoms with Crippen molar-refractivity contribution in [3.63, 3.8) is 0 Å². The van der Waals surface area contributed by atoms with E-state index in [-0.39, 0.29) is 35.6 Å². The molecule has 6 rings (SSSR count). The average Bonchev–Trinajstić information content (AvgIpc) is 3.54. The van der Waals surface area contributed by atoms with Gasteiger partial charge in [0.05, 0.1) is 0 Å². The van der Waals surface area contributed by atoms with Crippen molar-refractivity contribution >= 4 is 43.8 Å². The van der Waals surface area contributed by atoms with Crippen LogP contribution in [0.4, 0.5) is 0 Å². The summed E-state index contributed by atoms with van der Waals surface area (Å²) >= 11 is -3.51. The van der Waals surface area contributed by atoms with Gasteiger partial charge in [-0.25, -0.2) is 0 Å². The molecule has 0 spiro atoms. The number of allylic oxidation sites excluding steroid dienone is 2. The minimum Gasteiger partial charge on any atom is -0.147 e. The van der Waals surface area contributed by atoms with Gasteiger partial charge in [0.1, 0.15) is 0 Å². The van der Waals surface area contributed by atoms with E-state index in [0.717, 1.165) is 0 Å². The molecule has 4 aromatic carbocycles. The smallest absolute Gasteiger partial charge is 0.147 e. The van der Waals surface area contributed by atoms with Gasteiger partial charge in [-0.2, -0.15) is 0 Å². The van der Waals surface area contributed by atoms with Crippen molar-refractivity contribution in [1.82, 2.24) is 0 Å². The van der Waals surface area contributed by atoms with E-state index in [2.05, 4.69) is 168 Å². The van der Waals surface area contributed by atoms with Gasteiger partial charge in [-0.3, -0.25) is 0 Å². The SMILES string of the molecule is CC1=Cc2c(-c3ccc(C(C)(C)C)cc3)cccc2[CH]1[Zr]([CH3])([CH3])(=[SiH2])[CH]1C=Cc2c(-c3ccc(C(C)(C)C)cc3)cccc21.Cl.Cl. The van der Waals surface area contributed by atoms with Crippen molar-refractivity contribution < 1.29 is 17.4 Å². The van der Waals surface area contributed by atoms with Gasteiger partial charge in [0, 0.05) is 0 Å². The van der Waals surface area contributed by atoms with Crippen LogP contribution >= 0.6 is 24.8 Å². The first-order chi connectivity index (χ1) is 20.0. The number of rotatable bonds is 4. The molecule has 0 aromatic heterocycles. The number of hydrogen-bond donors (Lipinski definition) is 0. The molecule has 0 saturated carbocycles. The summed E-state index contributed by atoms with van der Waals surface area (Å²) in [6.07, 6.45) is 7.55. The predicted octanol–water partition coefficient (Wildman–Crippen LogP) is 12.0. The third-order valence-corrected chi connectivity index (χ3v) is 28.1. The van der Waals surface area contributed by atoms with Gasteiger partial charge in [0.2, 0.25) is 0 Å². The van der Waals surface area contributed by atoms with E-state index in [0.29, 0.717) is 7.25 Å². The van der Waals surface area contributed by atoms with Crippen molar-refractivity contribution in [3.05, 3.63) is 130 Å². The molecule has 0 radical (unpaired) electrons. The van der Waals surface area contributed by atoms with Gasteiger partial charge in [-0.05, 0) is 0 Å². The summed E-state index contributed by atoms with van der Waals surface area (Å²) in [6, 6.07) is 32.7. The van der Waals surface area contributed by atoms with Crippen LogP contribution in [0.1, 0.15) is 89.1 Å². The standard InChI is InChI=1S/C20H21.C19H19.2CH3.2ClH.H2Si.Zr/c1-14-12-16-6-5-7-18(19(16)13-14)15-8-10-17(11-9-15)20(2,3)4;1-19(2,3)16-12-10-15(11-13-16)18-9-5-7-14-6-4-8-17(14)18;;;;;;/h5-13H,1-4H3;4-13H,1-3H3;2*1H3;2*1H;1H2;. The van der Waals surface area contributed by atoms with Crippen LogP contribution in [-0.2, 0) is 28.2 Å². The van der Waals surface area contributed by atoms with Crippen molar-refractivity contribution in [2.75, 3.05) is 0 Å². The number of halogens is 2. The fourth-order valence-corrected chi connectivity index (χ4v) is 26.1. The van der Waals surface area contributed by atoms with Crippen molar-refractivity contribution in [1.29, 1.82) is 0 Å². The van der Waals surface area contributed by atoms with Crippen molar-refractivity contribution in [3.8, 4) is 22.3 Å². The quantitative estimate of drug-likeness (QED) is 0.183. The van der Waals surface area contributed by atoms with Gasteiger partial charge in [0.15, 0.2) is 0 Å². The molecule has 0 fully saturated rings. The number of benzene rings is 4. The zero-order valence-electron chi connectivity index (χ0n) is 28.5. The van der Waals surface area contributed by atoms with E-state index in [1.165, 1.54) is 44.5 Å². The first-order valence-corrected chi connectivity index (χ1v) is 29.6. The minimum absolute atomic E-state index is 0. The Hall–Kier alpha value is -1.96. The maximum absolute atomic E-state index is 3.51. The Bertz CT molecular complexity index is 1860. The van der Waals surface area contributed by atoms with Gasteiger partial charge in [-0.15, -0.1) is 24.8 Å². The van der Waals surface area contributed by atoms with Crippen LogP contribution in [-0.4, -0.2) is 6.88 Å². The van der Waals surface area contributed by atoms with Crippen LogP contribution in [0.25, 0.3) is 34.4 Å². The summed E-state index contributed by atoms with van der Waals surface area (Å²) in [5, 5.41) is 0. The van der Waals surface area contributed by atoms with E-state index < -0.39 is 17.4 Å². The summed E-state index contributed by atoms with van der Waals surface area (Å²) < 4.78 is 6.48. The Morgan fingerprint density at radius 2 is 1.04 bits per heavy atom. The largest absolute Gasteiger partial charge is 0.147 e. The maximum Gasteiger partial charge on any atom is -0.147 e. The summed E-state index contributed by atoms with van der Waals surface area (Å²) in [4.78, 5) is 0. The third-order valence-electron chi connectivity index (χ3n) is 10.3. The predicted molar refractivity (Wildman–Crippen MR) is 204 cm³/mol. The number of hydrogen-bond acceptors (Lipinski definition) is 0. The van der Waals surface area contributed by atoms with E-state index in [1.807, 2.05) is 0 Å². The Balaban J connectivity index is 0.00000230. The van der Waals surface area contributed by atoms with Gasteiger partial charge >= 0.3 is 264 Å². The molecule has 2 aliphatic carbocycles. The molecule has 2 atom stereocenters. The zero-order chi connectivity index (χ0) is 31.0. The van der Waals surface area contributed by atoms with Crippen LogP contribution in [0.3, 0.4) is 0 Å². The third kappa shape index (κ3) is 6.35. The Labute approximate surface area is 287 Å². The molecular formula is C41H50Cl2SiZr. The van der Waals surface area contributed by atoms with Crippen molar-refractivity contribution in [2.45, 2.75) is 75.8 Å². The summed E-state index contributed by atoms with van der Waals surface area (Å²) in [5.74, 6) is 0. The van der Waals surface area contributed by atoms with E-state index in [1.54, 1.807) is 16.7 Å². The molecule has 236 valence electrons. The Morgan fingerprint density at radius 3 is 1.51 bits per heavy atom. The molecule has 2 unspecified atom stereocenters. The molecule has 0 heterocycles. The molecule has 0 aliphatic heterocycles. The first kappa shape index (κ1) is 35.9. The molecule has 0 amide bonds. The van der Waals surface area contributed by atoms with E-state index >= 15 is 0 Å². The summed E-state index contributed by atoms with van der Waals surface area (Å²) in [5.41, 5.74) is 16.0. The molecule has 45 heavy (non-hydrogen) atoms. The monoisotopic (exact) mass is 730 g/mol. The second-order valence-corrected chi connectivity index (χ2v) is 46.9. The minimum atomic E-state index is -3.51. The fraction of sp³-hybridized carbons (Fsp3) is 0.317. The molecule has 0 saturated heterocycles. The molecule has 2 aliphatic rings. The second-order valence-electron chi connectivity index (χ2n) is 16.4. The Morgan fingerprint density at radius 1 is 0.600 bits per heavy atom. The normalized spacial score (nSPS) is 17.6. The summed E-state index contributed by atoms with van der Waals surface area (Å²) in [6.45, 7) is 18.5. The summed E-state index contributed by atoms with van der Waals surface area (Å²) in [7, 11) is 0. The molecule has 0 bridgehead atoms. The first-order valence-electron chi connectivity index (χ1n) is 16.0. The topological polar surface area (TPSA) is 0 Å². The van der Waals surface area contributed by atoms with Gasteiger partial charge in [0.25, 0.3) is 0 Å². The fourth-order valence-electron chi connectivity index (χ4n) is 7.96. The maximum atomic E-state index is 2.72. The molecule has 0 nitrogen and oxygen atoms in total. The van der Waals surface area contributed by atoms with Crippen LogP contribution in [0.5, 0.6) is 0 Å². The van der Waals surface area contributed by atoms with Gasteiger partial charge < -0.3 is 0 Å². The van der Waals surface area contributed by atoms with Gasteiger partial charge in [-0.1, -0.05) is 0 Å². The Kier molecular flexibility index (Phi) is 9.77. The van der Waals surface area contributed by atoms with E-state index in [4.69, 9.17) is 0 Å². The van der Waals surface area contributed by atoms with Crippen LogP contribution in [0, 0.1) is 0 Å². The van der Waals surface area contributed by atoms with Crippen LogP contribution in [0.15, 0.2) is 96.6 Å². The molecular weight excluding hydrogens is 683 g/mol. The second kappa shape index (κ2) is 12.2. The van der Waals surface area contributed by atoms with Crippen LogP contribution in [0.2, 0.25) is 9.26 Å². The number of fused-ring (bicyclic) bond motifs is 2. The molecule has 4 aromatic rings. The average molecular weight is 733 g/mol. The molecule has 0 N–H and O–H groups in total. The van der Waals surface area contributed by atoms with Crippen LogP contribution < -0.4 is 0 Å². The van der Waals surface area contributed by atoms with E-state index in [9.17, 15) is 0 Å². The van der Waals surface area contributed by atoms with Crippen molar-refractivity contribution in [2.24, 2.45) is 0 Å². The zero-order valence-corrected chi connectivity index (χ0v) is 34.0. The molecule has 4 heteroatoms.